The van der Waals surface area contributed by atoms with Gasteiger partial charge in [0, 0.05) is 11.1 Å². The molecule has 0 spiro atoms. The van der Waals surface area contributed by atoms with E-state index in [4.69, 9.17) is 4.74 Å². The molecule has 0 radical (unpaired) electrons. The van der Waals surface area contributed by atoms with E-state index in [1.54, 1.807) is 0 Å². The fourth-order valence-corrected chi connectivity index (χ4v) is 11.6. The Balaban J connectivity index is 1.50. The minimum atomic E-state index is -2.31. The van der Waals surface area contributed by atoms with Crippen molar-refractivity contribution in [3.63, 3.8) is 0 Å². The summed E-state index contributed by atoms with van der Waals surface area (Å²) >= 11 is 0. The molecule has 0 N–H and O–H groups in total. The van der Waals surface area contributed by atoms with Gasteiger partial charge in [-0.15, -0.1) is 0 Å². The van der Waals surface area contributed by atoms with Gasteiger partial charge >= 0.3 is 0 Å². The summed E-state index contributed by atoms with van der Waals surface area (Å²) in [6.07, 6.45) is 0.901. The molecule has 0 saturated heterocycles. The van der Waals surface area contributed by atoms with Gasteiger partial charge in [-0.2, -0.15) is 0 Å². The summed E-state index contributed by atoms with van der Waals surface area (Å²) in [7, 11) is -2.31. The summed E-state index contributed by atoms with van der Waals surface area (Å²) in [5.74, 6) is 0.897. The third-order valence-corrected chi connectivity index (χ3v) is 13.7. The zero-order valence-corrected chi connectivity index (χ0v) is 27.6. The van der Waals surface area contributed by atoms with Gasteiger partial charge in [0.15, 0.2) is 0 Å². The number of benzene rings is 8. The molecular weight excluding hydrogens is 599 g/mol. The Morgan fingerprint density at radius 1 is 0.375 bits per heavy atom. The average Bonchev–Trinajstić information content (AvgIpc) is 3.17. The summed E-state index contributed by atoms with van der Waals surface area (Å²) in [6.45, 7) is 0.494. The zero-order valence-electron chi connectivity index (χ0n) is 26.7. The van der Waals surface area contributed by atoms with Crippen LogP contribution in [0, 0.1) is 0 Å². The first-order valence-corrected chi connectivity index (χ1v) is 18.5. The summed E-state index contributed by atoms with van der Waals surface area (Å²) < 4.78 is 6.84. The second-order valence-corrected chi connectivity index (χ2v) is 15.7. The molecular formula is C46H36OP+. The van der Waals surface area contributed by atoms with E-state index in [0.29, 0.717) is 6.61 Å². The molecule has 0 aromatic heterocycles. The molecule has 0 amide bonds. The van der Waals surface area contributed by atoms with Crippen LogP contribution in [0.15, 0.2) is 194 Å². The van der Waals surface area contributed by atoms with Crippen molar-refractivity contribution in [3.05, 3.63) is 205 Å². The predicted octanol–water partition coefficient (Wildman–Crippen LogP) is 10.7. The van der Waals surface area contributed by atoms with E-state index in [9.17, 15) is 0 Å². The van der Waals surface area contributed by atoms with E-state index in [0.717, 1.165) is 23.0 Å². The fourth-order valence-electron chi connectivity index (χ4n) is 7.12. The number of hydrogen-bond acceptors (Lipinski definition) is 1. The molecule has 8 aromatic rings. The van der Waals surface area contributed by atoms with Gasteiger partial charge in [-0.1, -0.05) is 158 Å². The maximum Gasteiger partial charge on any atom is 0.128 e. The summed E-state index contributed by atoms with van der Waals surface area (Å²) in [4.78, 5) is 0. The van der Waals surface area contributed by atoms with Crippen LogP contribution in [-0.4, -0.2) is 0 Å². The first kappa shape index (κ1) is 29.9. The lowest BCUT2D eigenvalue weighted by Crippen LogP contribution is -2.33. The highest BCUT2D eigenvalue weighted by atomic mass is 31.2. The smallest absolute Gasteiger partial charge is 0.128 e. The van der Waals surface area contributed by atoms with Crippen LogP contribution in [0.2, 0.25) is 0 Å². The lowest BCUT2D eigenvalue weighted by atomic mass is 9.93. The van der Waals surface area contributed by atoms with Crippen LogP contribution < -0.4 is 20.7 Å². The van der Waals surface area contributed by atoms with Crippen molar-refractivity contribution in [2.45, 2.75) is 12.8 Å². The summed E-state index contributed by atoms with van der Waals surface area (Å²) in [5.41, 5.74) is 4.88. The monoisotopic (exact) mass is 635 g/mol. The summed E-state index contributed by atoms with van der Waals surface area (Å²) in [5, 5.41) is 8.94. The van der Waals surface area contributed by atoms with E-state index in [1.807, 2.05) is 0 Å². The highest BCUT2D eigenvalue weighted by Gasteiger charge is 2.48. The van der Waals surface area contributed by atoms with Crippen molar-refractivity contribution < 1.29 is 4.74 Å². The van der Waals surface area contributed by atoms with Gasteiger partial charge in [-0.25, -0.2) is 0 Å². The molecule has 2 heteroatoms. The molecule has 230 valence electrons. The molecule has 0 unspecified atom stereocenters. The molecule has 0 aliphatic carbocycles. The first-order valence-electron chi connectivity index (χ1n) is 16.6. The van der Waals surface area contributed by atoms with Gasteiger partial charge < -0.3 is 4.74 Å². The zero-order chi connectivity index (χ0) is 32.2. The largest absolute Gasteiger partial charge is 0.488 e. The third-order valence-electron chi connectivity index (χ3n) is 9.35. The number of hydrogen-bond donors (Lipinski definition) is 0. The maximum absolute atomic E-state index is 6.84. The van der Waals surface area contributed by atoms with Crippen LogP contribution >= 0.6 is 7.26 Å². The van der Waals surface area contributed by atoms with Crippen molar-refractivity contribution in [2.75, 3.05) is 0 Å². The molecule has 0 saturated carbocycles. The Labute approximate surface area is 283 Å². The molecule has 8 aromatic carbocycles. The molecule has 0 aliphatic heterocycles. The molecule has 48 heavy (non-hydrogen) atoms. The molecule has 0 atom stereocenters. The summed E-state index contributed by atoms with van der Waals surface area (Å²) in [6, 6.07) is 70.7. The van der Waals surface area contributed by atoms with Crippen LogP contribution in [0.5, 0.6) is 5.75 Å². The van der Waals surface area contributed by atoms with E-state index in [2.05, 4.69) is 194 Å². The van der Waals surface area contributed by atoms with Crippen molar-refractivity contribution in [2.24, 2.45) is 0 Å². The molecule has 0 bridgehead atoms. The van der Waals surface area contributed by atoms with Crippen molar-refractivity contribution in [1.82, 2.24) is 0 Å². The number of ether oxygens (including phenoxy) is 1. The first-order chi connectivity index (χ1) is 23.8. The Hall–Kier alpha value is -5.49. The van der Waals surface area contributed by atoms with Crippen LogP contribution in [0.4, 0.5) is 0 Å². The van der Waals surface area contributed by atoms with Crippen molar-refractivity contribution in [3.8, 4) is 16.9 Å². The van der Waals surface area contributed by atoms with E-state index in [-0.39, 0.29) is 0 Å². The highest BCUT2D eigenvalue weighted by molar-refractivity contribution is 7.95. The number of rotatable bonds is 9. The Kier molecular flexibility index (Phi) is 8.29. The van der Waals surface area contributed by atoms with E-state index in [1.165, 1.54) is 48.6 Å². The minimum Gasteiger partial charge on any atom is -0.488 e. The molecule has 0 aliphatic rings. The molecule has 8 rings (SSSR count). The second kappa shape index (κ2) is 13.3. The van der Waals surface area contributed by atoms with Gasteiger partial charge in [0.2, 0.25) is 0 Å². The van der Waals surface area contributed by atoms with E-state index >= 15 is 0 Å². The van der Waals surface area contributed by atoms with Crippen LogP contribution in [0.3, 0.4) is 0 Å². The van der Waals surface area contributed by atoms with E-state index < -0.39 is 7.26 Å². The van der Waals surface area contributed by atoms with Gasteiger partial charge in [-0.05, 0) is 69.1 Å². The average molecular weight is 636 g/mol. The van der Waals surface area contributed by atoms with Crippen molar-refractivity contribution >= 4 is 44.7 Å². The molecule has 1 nitrogen and oxygen atoms in total. The lowest BCUT2D eigenvalue weighted by Gasteiger charge is -2.31. The maximum atomic E-state index is 6.84. The normalized spacial score (nSPS) is 11.5. The van der Waals surface area contributed by atoms with Gasteiger partial charge in [0.1, 0.15) is 35.5 Å². The minimum absolute atomic E-state index is 0.494. The highest BCUT2D eigenvalue weighted by Crippen LogP contribution is 2.61. The SMILES string of the molecule is c1ccc(COc2ccc3ccccc3c2-c2c([P+](Cc3ccccc3)(c3ccccc3)c3ccccc3)ccc3ccccc23)cc1. The van der Waals surface area contributed by atoms with Crippen LogP contribution in [-0.2, 0) is 12.8 Å². The standard InChI is InChI=1S/C46H36OP/c1-5-17-35(18-6-1)33-47-43-31-29-37-21-13-15-27-41(37)45(43)46-42-28-16-14-22-38(42)30-32-44(46)48(39-23-9-3-10-24-39,40-25-11-4-12-26-40)34-36-19-7-2-8-20-36/h1-32H,33-34H2/q+1. The fraction of sp³-hybridized carbons (Fsp3) is 0.0435. The Morgan fingerprint density at radius 2 is 0.833 bits per heavy atom. The van der Waals surface area contributed by atoms with Crippen LogP contribution in [0.1, 0.15) is 11.1 Å². The van der Waals surface area contributed by atoms with Crippen LogP contribution in [0.25, 0.3) is 32.7 Å². The number of fused-ring (bicyclic) bond motifs is 2. The second-order valence-electron chi connectivity index (χ2n) is 12.2. The quantitative estimate of drug-likeness (QED) is 0.143. The topological polar surface area (TPSA) is 9.23 Å². The Morgan fingerprint density at radius 3 is 1.42 bits per heavy atom. The third kappa shape index (κ3) is 5.57. The molecule has 0 fully saturated rings. The predicted molar refractivity (Wildman–Crippen MR) is 207 cm³/mol. The Bertz CT molecular complexity index is 2260. The van der Waals surface area contributed by atoms with Crippen molar-refractivity contribution in [1.29, 1.82) is 0 Å². The molecule has 0 heterocycles. The van der Waals surface area contributed by atoms with Gasteiger partial charge in [-0.3, -0.25) is 0 Å². The van der Waals surface area contributed by atoms with Gasteiger partial charge in [0.25, 0.3) is 0 Å². The van der Waals surface area contributed by atoms with Gasteiger partial charge in [0.05, 0.1) is 6.16 Å². The lowest BCUT2D eigenvalue weighted by molar-refractivity contribution is 0.308.